The first-order valence-electron chi connectivity index (χ1n) is 10.5. The lowest BCUT2D eigenvalue weighted by molar-refractivity contribution is -0.137. The Kier molecular flexibility index (Phi) is 9.10. The number of hydrogen-bond acceptors (Lipinski definition) is 5. The van der Waals surface area contributed by atoms with Crippen LogP contribution in [0.3, 0.4) is 0 Å². The summed E-state index contributed by atoms with van der Waals surface area (Å²) in [6.45, 7) is 14.6. The average molecular weight is 434 g/mol. The number of benzene rings is 1. The summed E-state index contributed by atoms with van der Waals surface area (Å²) in [5.41, 5.74) is 2.88. The molecule has 1 aromatic carbocycles. The fraction of sp³-hybridized carbons (Fsp3) is 0.269. The Balaban J connectivity index is 2.57. The fourth-order valence-corrected chi connectivity index (χ4v) is 2.95. The number of carbonyl (C=O) groups excluding carboxylic acids is 2. The minimum atomic E-state index is -0.468. The second kappa shape index (κ2) is 11.8. The van der Waals surface area contributed by atoms with Crippen LogP contribution in [0.25, 0.3) is 11.1 Å². The molecule has 0 aliphatic carbocycles. The maximum atomic E-state index is 12.5. The Morgan fingerprint density at radius 2 is 1.78 bits per heavy atom. The largest absolute Gasteiger partial charge is 0.407 e. The summed E-state index contributed by atoms with van der Waals surface area (Å²) in [6.07, 6.45) is 5.55. The number of nitrogens with zero attached hydrogens (tertiary/aromatic N) is 1. The number of pyridine rings is 1. The number of hydrogen-bond donors (Lipinski definition) is 2. The summed E-state index contributed by atoms with van der Waals surface area (Å²) in [7, 11) is 1.83. The third kappa shape index (κ3) is 6.25. The summed E-state index contributed by atoms with van der Waals surface area (Å²) in [5.74, 6) is -1.23. The van der Waals surface area contributed by atoms with E-state index in [1.54, 1.807) is 32.1 Å². The number of rotatable bonds is 11. The maximum Gasteiger partial charge on any atom is 0.319 e. The number of esters is 1. The zero-order chi connectivity index (χ0) is 23.7. The summed E-state index contributed by atoms with van der Waals surface area (Å²) >= 11 is 0. The van der Waals surface area contributed by atoms with Crippen molar-refractivity contribution in [3.63, 3.8) is 0 Å². The molecule has 1 amide bonds. The van der Waals surface area contributed by atoms with Gasteiger partial charge in [0.1, 0.15) is 0 Å². The molecule has 0 spiro atoms. The van der Waals surface area contributed by atoms with Gasteiger partial charge in [-0.25, -0.2) is 4.98 Å². The van der Waals surface area contributed by atoms with Gasteiger partial charge in [0.2, 0.25) is 11.8 Å². The van der Waals surface area contributed by atoms with Gasteiger partial charge in [0.25, 0.3) is 0 Å². The monoisotopic (exact) mass is 433 g/mol. The zero-order valence-electron chi connectivity index (χ0n) is 18.9. The lowest BCUT2D eigenvalue weighted by atomic mass is 10.0. The van der Waals surface area contributed by atoms with Crippen LogP contribution in [-0.2, 0) is 9.59 Å². The maximum absolute atomic E-state index is 12.5. The van der Waals surface area contributed by atoms with Crippen LogP contribution >= 0.6 is 0 Å². The molecule has 6 nitrogen and oxygen atoms in total. The van der Waals surface area contributed by atoms with Gasteiger partial charge in [0.05, 0.1) is 23.6 Å². The smallest absolute Gasteiger partial charge is 0.319 e. The van der Waals surface area contributed by atoms with E-state index in [9.17, 15) is 9.59 Å². The van der Waals surface area contributed by atoms with E-state index in [-0.39, 0.29) is 23.7 Å². The van der Waals surface area contributed by atoms with E-state index in [2.05, 4.69) is 35.4 Å². The van der Waals surface area contributed by atoms with Crippen LogP contribution in [0.15, 0.2) is 74.4 Å². The Hall–Kier alpha value is -3.51. The van der Waals surface area contributed by atoms with Gasteiger partial charge in [0, 0.05) is 17.3 Å². The molecule has 3 unspecified atom stereocenters. The summed E-state index contributed by atoms with van der Waals surface area (Å²) in [4.78, 5) is 29.4. The van der Waals surface area contributed by atoms with E-state index in [0.29, 0.717) is 17.8 Å². The highest BCUT2D eigenvalue weighted by Crippen LogP contribution is 2.33. The third-order valence-corrected chi connectivity index (χ3v) is 5.12. The lowest BCUT2D eigenvalue weighted by Crippen LogP contribution is -2.20. The number of anilines is 1. The highest BCUT2D eigenvalue weighted by atomic mass is 16.5. The van der Waals surface area contributed by atoms with Crippen molar-refractivity contribution < 1.29 is 14.3 Å². The van der Waals surface area contributed by atoms with Gasteiger partial charge in [-0.1, -0.05) is 43.4 Å². The first-order chi connectivity index (χ1) is 15.3. The molecule has 3 atom stereocenters. The molecule has 168 valence electrons. The molecule has 0 aliphatic heterocycles. The van der Waals surface area contributed by atoms with Crippen molar-refractivity contribution in [3.8, 4) is 17.0 Å². The molecule has 0 saturated carbocycles. The number of aromatic nitrogens is 1. The van der Waals surface area contributed by atoms with Crippen LogP contribution in [0.5, 0.6) is 5.88 Å². The van der Waals surface area contributed by atoms with Crippen LogP contribution < -0.4 is 15.4 Å². The number of ether oxygens (including phenoxy) is 1. The quantitative estimate of drug-likeness (QED) is 0.382. The molecular weight excluding hydrogens is 402 g/mol. The highest BCUT2D eigenvalue weighted by Gasteiger charge is 2.19. The number of nitrogens with one attached hydrogen (secondary N) is 2. The molecule has 6 heteroatoms. The second-order valence-corrected chi connectivity index (χ2v) is 7.49. The SMILES string of the molecule is C=CCC(NC)c1cc(-c2ccccc2NC(=O)C(C)C=C)cc(OC(=O)C(C)C=C)n1. The van der Waals surface area contributed by atoms with Crippen molar-refractivity contribution in [1.82, 2.24) is 10.3 Å². The topological polar surface area (TPSA) is 80.3 Å². The molecule has 1 aromatic heterocycles. The van der Waals surface area contributed by atoms with Crippen LogP contribution in [0, 0.1) is 11.8 Å². The van der Waals surface area contributed by atoms with E-state index in [1.807, 2.05) is 37.4 Å². The van der Waals surface area contributed by atoms with Crippen LogP contribution in [0.2, 0.25) is 0 Å². The molecule has 0 fully saturated rings. The fourth-order valence-electron chi connectivity index (χ4n) is 2.95. The molecule has 2 N–H and O–H groups in total. The third-order valence-electron chi connectivity index (χ3n) is 5.12. The van der Waals surface area contributed by atoms with Gasteiger partial charge < -0.3 is 15.4 Å². The zero-order valence-corrected chi connectivity index (χ0v) is 18.9. The van der Waals surface area contributed by atoms with E-state index in [0.717, 1.165) is 11.1 Å². The van der Waals surface area contributed by atoms with Gasteiger partial charge in [-0.15, -0.1) is 19.7 Å². The van der Waals surface area contributed by atoms with Gasteiger partial charge in [-0.05, 0) is 38.1 Å². The van der Waals surface area contributed by atoms with Crippen LogP contribution in [0.4, 0.5) is 5.69 Å². The molecule has 0 saturated heterocycles. The first kappa shape index (κ1) is 24.8. The minimum absolute atomic E-state index is 0.121. The Morgan fingerprint density at radius 3 is 2.41 bits per heavy atom. The summed E-state index contributed by atoms with van der Waals surface area (Å²) in [6, 6.07) is 10.9. The second-order valence-electron chi connectivity index (χ2n) is 7.49. The average Bonchev–Trinajstić information content (AvgIpc) is 2.81. The van der Waals surface area contributed by atoms with E-state index < -0.39 is 11.9 Å². The van der Waals surface area contributed by atoms with Crippen molar-refractivity contribution >= 4 is 17.6 Å². The predicted octanol–water partition coefficient (Wildman–Crippen LogP) is 5.07. The molecule has 32 heavy (non-hydrogen) atoms. The van der Waals surface area contributed by atoms with E-state index in [1.165, 1.54) is 6.08 Å². The number of carbonyl (C=O) groups is 2. The van der Waals surface area contributed by atoms with Crippen molar-refractivity contribution in [3.05, 3.63) is 80.1 Å². The Labute approximate surface area is 190 Å². The van der Waals surface area contributed by atoms with Gasteiger partial charge in [-0.3, -0.25) is 9.59 Å². The normalized spacial score (nSPS) is 13.3. The standard InChI is InChI=1S/C26H31N3O3/c1-7-12-22(27-6)23-15-19(16-24(28-23)32-26(31)18(5)9-3)20-13-10-11-14-21(20)29-25(30)17(4)8-2/h7-11,13-18,22,27H,1-3,12H2,4-6H3,(H,29,30). The number of para-hydroxylation sites is 1. The van der Waals surface area contributed by atoms with Gasteiger partial charge in [0.15, 0.2) is 0 Å². The van der Waals surface area contributed by atoms with Gasteiger partial charge in [-0.2, -0.15) is 0 Å². The highest BCUT2D eigenvalue weighted by molar-refractivity contribution is 5.97. The predicted molar refractivity (Wildman–Crippen MR) is 129 cm³/mol. The molecular formula is C26H31N3O3. The van der Waals surface area contributed by atoms with Crippen molar-refractivity contribution in [2.24, 2.45) is 11.8 Å². The minimum Gasteiger partial charge on any atom is -0.407 e. The Morgan fingerprint density at radius 1 is 1.09 bits per heavy atom. The van der Waals surface area contributed by atoms with Crippen LogP contribution in [0.1, 0.15) is 32.0 Å². The van der Waals surface area contributed by atoms with E-state index in [4.69, 9.17) is 4.74 Å². The van der Waals surface area contributed by atoms with Crippen LogP contribution in [-0.4, -0.2) is 23.9 Å². The molecule has 2 aromatic rings. The van der Waals surface area contributed by atoms with Crippen molar-refractivity contribution in [2.45, 2.75) is 26.3 Å². The Bertz CT molecular complexity index is 1000. The molecule has 2 rings (SSSR count). The van der Waals surface area contributed by atoms with Crippen molar-refractivity contribution in [1.29, 1.82) is 0 Å². The molecule has 0 radical (unpaired) electrons. The van der Waals surface area contributed by atoms with E-state index >= 15 is 0 Å². The summed E-state index contributed by atoms with van der Waals surface area (Å²) < 4.78 is 5.54. The summed E-state index contributed by atoms with van der Waals surface area (Å²) in [5, 5.41) is 6.16. The molecule has 1 heterocycles. The van der Waals surface area contributed by atoms with Crippen molar-refractivity contribution in [2.75, 3.05) is 12.4 Å². The molecule has 0 aliphatic rings. The first-order valence-corrected chi connectivity index (χ1v) is 10.5. The van der Waals surface area contributed by atoms with Gasteiger partial charge >= 0.3 is 5.97 Å². The lowest BCUT2D eigenvalue weighted by Gasteiger charge is -2.18. The number of amides is 1. The molecule has 0 bridgehead atoms.